The zero-order valence-electron chi connectivity index (χ0n) is 23.3. The maximum Gasteiger partial charge on any atom is 0.188 e. The normalized spacial score (nSPS) is 11.5. The summed E-state index contributed by atoms with van der Waals surface area (Å²) < 4.78 is 4.67. The van der Waals surface area contributed by atoms with Crippen molar-refractivity contribution >= 4 is 49.3 Å². The molecule has 5 aromatic carbocycles. The monoisotopic (exact) mass is 538 g/mol. The predicted molar refractivity (Wildman–Crippen MR) is 174 cm³/mol. The van der Waals surface area contributed by atoms with Crippen LogP contribution in [-0.4, -0.2) is 14.1 Å². The van der Waals surface area contributed by atoms with Crippen molar-refractivity contribution in [3.63, 3.8) is 0 Å². The molecule has 0 saturated heterocycles. The van der Waals surface area contributed by atoms with Gasteiger partial charge in [0.2, 0.25) is 0 Å². The summed E-state index contributed by atoms with van der Waals surface area (Å²) in [7, 11) is 0. The second-order valence-corrected chi connectivity index (χ2v) is 11.0. The van der Waals surface area contributed by atoms with Crippen LogP contribution in [0.4, 0.5) is 5.69 Å². The first-order valence-corrected chi connectivity index (χ1v) is 14.1. The van der Waals surface area contributed by atoms with E-state index in [1.165, 1.54) is 32.7 Å². The van der Waals surface area contributed by atoms with Crippen LogP contribution in [0.2, 0.25) is 0 Å². The van der Waals surface area contributed by atoms with Gasteiger partial charge in [-0.3, -0.25) is 4.98 Å². The fraction of sp³-hybridized carbons (Fsp3) is 0.0526. The molecule has 42 heavy (non-hydrogen) atoms. The molecule has 3 heterocycles. The summed E-state index contributed by atoms with van der Waals surface area (Å²) in [5.74, 6) is 0. The summed E-state index contributed by atoms with van der Waals surface area (Å²) >= 11 is 0. The van der Waals surface area contributed by atoms with Gasteiger partial charge in [-0.15, -0.1) is 0 Å². The molecule has 8 aromatic rings. The minimum Gasteiger partial charge on any atom is -0.309 e. The van der Waals surface area contributed by atoms with Crippen molar-refractivity contribution in [1.29, 1.82) is 0 Å². The molecule has 0 radical (unpaired) electrons. The molecule has 0 saturated carbocycles. The highest BCUT2D eigenvalue weighted by Gasteiger charge is 2.20. The van der Waals surface area contributed by atoms with Crippen molar-refractivity contribution < 1.29 is 0 Å². The lowest BCUT2D eigenvalue weighted by Crippen LogP contribution is -2.02. The van der Waals surface area contributed by atoms with Crippen LogP contribution in [0.15, 0.2) is 122 Å². The molecule has 0 bridgehead atoms. The number of pyridine rings is 1. The second kappa shape index (κ2) is 9.19. The van der Waals surface area contributed by atoms with Crippen LogP contribution in [-0.2, 0) is 0 Å². The first-order valence-electron chi connectivity index (χ1n) is 14.1. The van der Waals surface area contributed by atoms with E-state index in [1.54, 1.807) is 0 Å². The zero-order chi connectivity index (χ0) is 28.4. The number of nitrogens with zero attached hydrogens (tertiary/aromatic N) is 4. The SMILES string of the molecule is [C-]#[N+]c1ccc(-n2c3ccccc3c3ccc(C)cc32)c(-c2ccncc2-n2c3ccccc3c3ccc(C)cc32)c1. The van der Waals surface area contributed by atoms with Gasteiger partial charge in [0.05, 0.1) is 46.2 Å². The highest BCUT2D eigenvalue weighted by molar-refractivity contribution is 6.11. The standard InChI is InChI=1S/C38H26N4/c1-24-12-15-29-27-8-4-6-10-33(27)41(36(29)20-24)35-17-14-26(39-3)22-32(35)31-18-19-40-23-38(31)42-34-11-7-5-9-28(34)30-16-13-25(2)21-37(30)42/h4-23H,1-2H3. The molecule has 8 rings (SSSR count). The van der Waals surface area contributed by atoms with Crippen LogP contribution in [0.25, 0.3) is 71.0 Å². The van der Waals surface area contributed by atoms with E-state index >= 15 is 0 Å². The number of hydrogen-bond donors (Lipinski definition) is 0. The molecule has 0 unspecified atom stereocenters. The first kappa shape index (κ1) is 24.2. The number of aromatic nitrogens is 3. The second-order valence-electron chi connectivity index (χ2n) is 11.0. The molecule has 0 aliphatic heterocycles. The topological polar surface area (TPSA) is 27.1 Å². The van der Waals surface area contributed by atoms with E-state index in [4.69, 9.17) is 6.57 Å². The Labute approximate surface area is 243 Å². The average molecular weight is 539 g/mol. The van der Waals surface area contributed by atoms with Crippen molar-refractivity contribution in [2.45, 2.75) is 13.8 Å². The molecule has 0 aliphatic carbocycles. The van der Waals surface area contributed by atoms with E-state index in [9.17, 15) is 0 Å². The van der Waals surface area contributed by atoms with Crippen LogP contribution < -0.4 is 0 Å². The lowest BCUT2D eigenvalue weighted by atomic mass is 10.0. The highest BCUT2D eigenvalue weighted by atomic mass is 15.0. The summed E-state index contributed by atoms with van der Waals surface area (Å²) in [6, 6.07) is 38.5. The molecule has 0 spiro atoms. The summed E-state index contributed by atoms with van der Waals surface area (Å²) in [5.41, 5.74) is 11.6. The van der Waals surface area contributed by atoms with E-state index < -0.39 is 0 Å². The molecule has 4 nitrogen and oxygen atoms in total. The fourth-order valence-electron chi connectivity index (χ4n) is 6.48. The largest absolute Gasteiger partial charge is 0.309 e. The summed E-state index contributed by atoms with van der Waals surface area (Å²) in [5, 5.41) is 4.83. The van der Waals surface area contributed by atoms with E-state index in [0.29, 0.717) is 5.69 Å². The Balaban J connectivity index is 1.50. The van der Waals surface area contributed by atoms with Gasteiger partial charge in [0.25, 0.3) is 0 Å². The fourth-order valence-corrected chi connectivity index (χ4v) is 6.48. The molecule has 0 atom stereocenters. The number of aryl methyl sites for hydroxylation is 2. The molecular formula is C38H26N4. The van der Waals surface area contributed by atoms with Gasteiger partial charge in [0.15, 0.2) is 5.69 Å². The highest BCUT2D eigenvalue weighted by Crippen LogP contribution is 2.41. The predicted octanol–water partition coefficient (Wildman–Crippen LogP) is 10.1. The van der Waals surface area contributed by atoms with Gasteiger partial charge < -0.3 is 9.13 Å². The number of hydrogen-bond acceptors (Lipinski definition) is 1. The Bertz CT molecular complexity index is 2400. The third-order valence-electron chi connectivity index (χ3n) is 8.34. The smallest absolute Gasteiger partial charge is 0.188 e. The molecule has 0 aliphatic rings. The Morgan fingerprint density at radius 3 is 1.74 bits per heavy atom. The Hall–Kier alpha value is -5.66. The van der Waals surface area contributed by atoms with Crippen LogP contribution in [0, 0.1) is 20.4 Å². The number of benzene rings is 5. The van der Waals surface area contributed by atoms with Gasteiger partial charge in [-0.1, -0.05) is 66.7 Å². The van der Waals surface area contributed by atoms with Crippen LogP contribution in [0.3, 0.4) is 0 Å². The molecule has 0 fully saturated rings. The maximum absolute atomic E-state index is 7.87. The zero-order valence-corrected chi connectivity index (χ0v) is 23.3. The van der Waals surface area contributed by atoms with E-state index in [2.05, 4.69) is 130 Å². The van der Waals surface area contributed by atoms with Crippen LogP contribution in [0.5, 0.6) is 0 Å². The third kappa shape index (κ3) is 3.51. The van der Waals surface area contributed by atoms with Gasteiger partial charge in [0.1, 0.15) is 0 Å². The minimum atomic E-state index is 0.603. The van der Waals surface area contributed by atoms with Gasteiger partial charge in [-0.25, -0.2) is 4.85 Å². The maximum atomic E-state index is 7.87. The lowest BCUT2D eigenvalue weighted by Gasteiger charge is -2.18. The van der Waals surface area contributed by atoms with Crippen LogP contribution >= 0.6 is 0 Å². The molecule has 0 N–H and O–H groups in total. The number of fused-ring (bicyclic) bond motifs is 6. The Morgan fingerprint density at radius 2 is 1.12 bits per heavy atom. The third-order valence-corrected chi connectivity index (χ3v) is 8.34. The molecule has 198 valence electrons. The quantitative estimate of drug-likeness (QED) is 0.206. The molecular weight excluding hydrogens is 512 g/mol. The minimum absolute atomic E-state index is 0.603. The van der Waals surface area contributed by atoms with Gasteiger partial charge in [-0.05, 0) is 73.0 Å². The number of rotatable bonds is 3. The van der Waals surface area contributed by atoms with E-state index in [0.717, 1.165) is 44.6 Å². The molecule has 4 heteroatoms. The summed E-state index contributed by atoms with van der Waals surface area (Å²) in [4.78, 5) is 8.46. The van der Waals surface area contributed by atoms with E-state index in [1.807, 2.05) is 24.5 Å². The van der Waals surface area contributed by atoms with Crippen molar-refractivity contribution in [1.82, 2.24) is 14.1 Å². The molecule has 0 amide bonds. The Morgan fingerprint density at radius 1 is 0.548 bits per heavy atom. The number of para-hydroxylation sites is 2. The summed E-state index contributed by atoms with van der Waals surface area (Å²) in [6.45, 7) is 12.1. The van der Waals surface area contributed by atoms with Crippen molar-refractivity contribution in [3.8, 4) is 22.5 Å². The average Bonchev–Trinajstić information content (AvgIpc) is 3.52. The Kier molecular flexibility index (Phi) is 5.29. The van der Waals surface area contributed by atoms with Crippen molar-refractivity contribution in [2.24, 2.45) is 0 Å². The van der Waals surface area contributed by atoms with Crippen molar-refractivity contribution in [2.75, 3.05) is 0 Å². The van der Waals surface area contributed by atoms with Gasteiger partial charge in [0, 0.05) is 33.3 Å². The van der Waals surface area contributed by atoms with Crippen molar-refractivity contribution in [3.05, 3.63) is 144 Å². The van der Waals surface area contributed by atoms with Gasteiger partial charge >= 0.3 is 0 Å². The van der Waals surface area contributed by atoms with E-state index in [-0.39, 0.29) is 0 Å². The lowest BCUT2D eigenvalue weighted by molar-refractivity contribution is 1.13. The van der Waals surface area contributed by atoms with Crippen LogP contribution in [0.1, 0.15) is 11.1 Å². The van der Waals surface area contributed by atoms with Gasteiger partial charge in [-0.2, -0.15) is 0 Å². The first-order chi connectivity index (χ1) is 20.6. The summed E-state index contributed by atoms with van der Waals surface area (Å²) in [6.07, 6.45) is 3.80. The molecule has 3 aromatic heterocycles.